The summed E-state index contributed by atoms with van der Waals surface area (Å²) >= 11 is 0. The minimum Gasteiger partial charge on any atom is -0.444 e. The first-order chi connectivity index (χ1) is 11.4. The van der Waals surface area contributed by atoms with Gasteiger partial charge in [-0.15, -0.1) is 0 Å². The average Bonchev–Trinajstić information content (AvgIpc) is 3.16. The second-order valence-corrected chi connectivity index (χ2v) is 7.39. The fraction of sp³-hybridized carbons (Fsp3) is 0.812. The number of hydrogen-bond acceptors (Lipinski definition) is 6. The van der Waals surface area contributed by atoms with Gasteiger partial charge in [0.25, 0.3) is 0 Å². The molecule has 3 heterocycles. The van der Waals surface area contributed by atoms with Crippen LogP contribution in [0.25, 0.3) is 0 Å². The molecule has 134 valence electrons. The molecule has 3 rings (SSSR count). The van der Waals surface area contributed by atoms with Gasteiger partial charge in [-0.3, -0.25) is 10.00 Å². The molecule has 2 saturated heterocycles. The maximum atomic E-state index is 12.1. The van der Waals surface area contributed by atoms with Crippen molar-refractivity contribution in [2.75, 3.05) is 32.8 Å². The molecule has 0 aromatic carbocycles. The molecule has 1 aromatic rings. The standard InChI is InChI=1S/C16H27N5O3/c1-16(2,3)24-15(22)21-8-6-20(7-9-21)11-13-17-14(19-18-13)12-5-4-10-23-12/h12H,4-11H2,1-3H3,(H,17,18,19). The first-order valence-electron chi connectivity index (χ1n) is 8.64. The number of carbonyl (C=O) groups is 1. The zero-order valence-corrected chi connectivity index (χ0v) is 14.7. The normalized spacial score (nSPS) is 22.8. The minimum absolute atomic E-state index is 0.0408. The number of aromatic amines is 1. The Labute approximate surface area is 142 Å². The summed E-state index contributed by atoms with van der Waals surface area (Å²) in [7, 11) is 0. The molecular weight excluding hydrogens is 310 g/mol. The number of piperazine rings is 1. The molecule has 8 heteroatoms. The average molecular weight is 337 g/mol. The van der Waals surface area contributed by atoms with E-state index in [-0.39, 0.29) is 12.2 Å². The molecule has 1 amide bonds. The quantitative estimate of drug-likeness (QED) is 0.904. The van der Waals surface area contributed by atoms with Gasteiger partial charge in [0.1, 0.15) is 17.5 Å². The third kappa shape index (κ3) is 4.45. The predicted molar refractivity (Wildman–Crippen MR) is 87.4 cm³/mol. The van der Waals surface area contributed by atoms with Crippen molar-refractivity contribution in [3.63, 3.8) is 0 Å². The first-order valence-corrected chi connectivity index (χ1v) is 8.64. The van der Waals surface area contributed by atoms with Crippen molar-refractivity contribution < 1.29 is 14.3 Å². The summed E-state index contributed by atoms with van der Waals surface area (Å²) in [4.78, 5) is 20.7. The van der Waals surface area contributed by atoms with Crippen molar-refractivity contribution in [1.29, 1.82) is 0 Å². The number of amides is 1. The summed E-state index contributed by atoms with van der Waals surface area (Å²) in [6, 6.07) is 0. The summed E-state index contributed by atoms with van der Waals surface area (Å²) in [5.41, 5.74) is -0.452. The van der Waals surface area contributed by atoms with Gasteiger partial charge in [0, 0.05) is 32.8 Å². The maximum Gasteiger partial charge on any atom is 0.410 e. The number of nitrogens with zero attached hydrogens (tertiary/aromatic N) is 4. The highest BCUT2D eigenvalue weighted by molar-refractivity contribution is 5.68. The van der Waals surface area contributed by atoms with Gasteiger partial charge in [-0.05, 0) is 33.6 Å². The zero-order valence-electron chi connectivity index (χ0n) is 14.7. The molecule has 1 N–H and O–H groups in total. The van der Waals surface area contributed by atoms with Gasteiger partial charge in [-0.25, -0.2) is 9.78 Å². The van der Waals surface area contributed by atoms with Gasteiger partial charge in [0.2, 0.25) is 0 Å². The van der Waals surface area contributed by atoms with Gasteiger partial charge in [-0.1, -0.05) is 0 Å². The molecule has 0 bridgehead atoms. The molecule has 2 aliphatic heterocycles. The molecule has 8 nitrogen and oxygen atoms in total. The lowest BCUT2D eigenvalue weighted by atomic mass is 10.2. The Balaban J connectivity index is 1.46. The van der Waals surface area contributed by atoms with E-state index in [0.29, 0.717) is 19.6 Å². The third-order valence-electron chi connectivity index (χ3n) is 4.16. The number of aromatic nitrogens is 3. The number of H-pyrrole nitrogens is 1. The van der Waals surface area contributed by atoms with E-state index in [2.05, 4.69) is 20.1 Å². The van der Waals surface area contributed by atoms with E-state index in [9.17, 15) is 4.79 Å². The highest BCUT2D eigenvalue weighted by atomic mass is 16.6. The largest absolute Gasteiger partial charge is 0.444 e. The minimum atomic E-state index is -0.452. The molecule has 1 atom stereocenters. The van der Waals surface area contributed by atoms with Gasteiger partial charge in [0.15, 0.2) is 5.82 Å². The van der Waals surface area contributed by atoms with E-state index in [1.54, 1.807) is 4.90 Å². The van der Waals surface area contributed by atoms with E-state index in [1.807, 2.05) is 20.8 Å². The molecule has 1 aromatic heterocycles. The first kappa shape index (κ1) is 17.2. The Hall–Kier alpha value is -1.67. The Bertz CT molecular complexity index is 554. The smallest absolute Gasteiger partial charge is 0.410 e. The summed E-state index contributed by atoms with van der Waals surface area (Å²) in [5.74, 6) is 1.61. The maximum absolute atomic E-state index is 12.1. The van der Waals surface area contributed by atoms with Crippen LogP contribution < -0.4 is 0 Å². The summed E-state index contributed by atoms with van der Waals surface area (Å²) < 4.78 is 11.0. The molecule has 0 spiro atoms. The highest BCUT2D eigenvalue weighted by Crippen LogP contribution is 2.25. The van der Waals surface area contributed by atoms with Crippen LogP contribution in [0.15, 0.2) is 0 Å². The molecule has 1 unspecified atom stereocenters. The summed E-state index contributed by atoms with van der Waals surface area (Å²) in [6.45, 7) is 10.1. The van der Waals surface area contributed by atoms with Crippen LogP contribution >= 0.6 is 0 Å². The Kier molecular flexibility index (Phi) is 5.05. The molecular formula is C16H27N5O3. The number of nitrogens with one attached hydrogen (secondary N) is 1. The van der Waals surface area contributed by atoms with Crippen LogP contribution in [-0.4, -0.2) is 69.5 Å². The monoisotopic (exact) mass is 337 g/mol. The zero-order chi connectivity index (χ0) is 17.2. The highest BCUT2D eigenvalue weighted by Gasteiger charge is 2.27. The van der Waals surface area contributed by atoms with Crippen molar-refractivity contribution in [1.82, 2.24) is 25.0 Å². The van der Waals surface area contributed by atoms with E-state index >= 15 is 0 Å². The second kappa shape index (κ2) is 7.06. The van der Waals surface area contributed by atoms with Crippen LogP contribution in [0.3, 0.4) is 0 Å². The van der Waals surface area contributed by atoms with Crippen LogP contribution in [0.4, 0.5) is 4.79 Å². The Morgan fingerprint density at radius 3 is 2.71 bits per heavy atom. The fourth-order valence-electron chi connectivity index (χ4n) is 2.93. The Morgan fingerprint density at radius 1 is 1.33 bits per heavy atom. The van der Waals surface area contributed by atoms with E-state index in [4.69, 9.17) is 9.47 Å². The molecule has 0 radical (unpaired) electrons. The lowest BCUT2D eigenvalue weighted by Crippen LogP contribution is -2.49. The number of hydrogen-bond donors (Lipinski definition) is 1. The van der Waals surface area contributed by atoms with Crippen LogP contribution in [0.5, 0.6) is 0 Å². The van der Waals surface area contributed by atoms with Crippen molar-refractivity contribution in [2.24, 2.45) is 0 Å². The lowest BCUT2D eigenvalue weighted by Gasteiger charge is -2.35. The number of rotatable bonds is 3. The van der Waals surface area contributed by atoms with Crippen LogP contribution in [0, 0.1) is 0 Å². The summed E-state index contributed by atoms with van der Waals surface area (Å²) in [6.07, 6.45) is 1.87. The van der Waals surface area contributed by atoms with Gasteiger partial charge in [0.05, 0.1) is 6.54 Å². The van der Waals surface area contributed by atoms with Crippen molar-refractivity contribution >= 4 is 6.09 Å². The van der Waals surface area contributed by atoms with E-state index < -0.39 is 5.60 Å². The molecule has 24 heavy (non-hydrogen) atoms. The Morgan fingerprint density at radius 2 is 2.08 bits per heavy atom. The molecule has 0 saturated carbocycles. The summed E-state index contributed by atoms with van der Waals surface area (Å²) in [5, 5.41) is 7.28. The molecule has 2 fully saturated rings. The van der Waals surface area contributed by atoms with Crippen LogP contribution in [0.1, 0.15) is 51.4 Å². The van der Waals surface area contributed by atoms with Gasteiger partial charge in [-0.2, -0.15) is 5.10 Å². The number of ether oxygens (including phenoxy) is 2. The SMILES string of the molecule is CC(C)(C)OC(=O)N1CCN(Cc2nc(C3CCCO3)n[nH]2)CC1. The molecule has 0 aliphatic carbocycles. The van der Waals surface area contributed by atoms with Crippen molar-refractivity contribution in [2.45, 2.75) is 51.9 Å². The van der Waals surface area contributed by atoms with Crippen LogP contribution in [-0.2, 0) is 16.0 Å². The van der Waals surface area contributed by atoms with Crippen molar-refractivity contribution in [3.05, 3.63) is 11.6 Å². The van der Waals surface area contributed by atoms with E-state index in [1.165, 1.54) is 0 Å². The van der Waals surface area contributed by atoms with Gasteiger partial charge >= 0.3 is 6.09 Å². The third-order valence-corrected chi connectivity index (χ3v) is 4.16. The fourth-order valence-corrected chi connectivity index (χ4v) is 2.93. The molecule has 2 aliphatic rings. The predicted octanol–water partition coefficient (Wildman–Crippen LogP) is 1.71. The van der Waals surface area contributed by atoms with Crippen molar-refractivity contribution in [3.8, 4) is 0 Å². The topological polar surface area (TPSA) is 83.6 Å². The second-order valence-electron chi connectivity index (χ2n) is 7.39. The van der Waals surface area contributed by atoms with E-state index in [0.717, 1.165) is 44.2 Å². The van der Waals surface area contributed by atoms with Crippen LogP contribution in [0.2, 0.25) is 0 Å². The number of carbonyl (C=O) groups excluding carboxylic acids is 1. The van der Waals surface area contributed by atoms with Gasteiger partial charge < -0.3 is 14.4 Å². The lowest BCUT2D eigenvalue weighted by molar-refractivity contribution is 0.0137.